The van der Waals surface area contributed by atoms with Gasteiger partial charge in [0.25, 0.3) is 5.91 Å². The predicted octanol–water partition coefficient (Wildman–Crippen LogP) is 1.43. The maximum atomic E-state index is 12.3. The molecule has 1 heterocycles. The number of carbonyl (C=O) groups excluding carboxylic acids is 1. The highest BCUT2D eigenvalue weighted by atomic mass is 32.1. The van der Waals surface area contributed by atoms with Crippen LogP contribution in [-0.2, 0) is 6.54 Å². The second-order valence-electron chi connectivity index (χ2n) is 4.57. The van der Waals surface area contributed by atoms with E-state index in [1.54, 1.807) is 35.9 Å². The minimum atomic E-state index is -0.637. The number of benzene rings is 1. The van der Waals surface area contributed by atoms with Crippen LogP contribution in [-0.4, -0.2) is 39.5 Å². The van der Waals surface area contributed by atoms with Gasteiger partial charge in [-0.3, -0.25) is 9.89 Å². The van der Waals surface area contributed by atoms with Gasteiger partial charge in [-0.1, -0.05) is 0 Å². The molecule has 0 spiro atoms. The number of aromatic nitrogens is 3. The Labute approximate surface area is 132 Å². The third-order valence-corrected chi connectivity index (χ3v) is 3.57. The highest BCUT2D eigenvalue weighted by molar-refractivity contribution is 7.71. The van der Waals surface area contributed by atoms with Gasteiger partial charge in [0.1, 0.15) is 11.8 Å². The topological polar surface area (TPSA) is 92.2 Å². The molecule has 0 fully saturated rings. The van der Waals surface area contributed by atoms with Crippen molar-refractivity contribution >= 4 is 18.1 Å². The average Bonchev–Trinajstić information content (AvgIpc) is 2.93. The SMILES string of the molecule is CCn1c(C(CO)NC(=O)c2ccc(OC)cc2)n[nH]c1=S. The summed E-state index contributed by atoms with van der Waals surface area (Å²) < 4.78 is 7.23. The number of ether oxygens (including phenoxy) is 1. The van der Waals surface area contributed by atoms with Gasteiger partial charge in [-0.2, -0.15) is 5.10 Å². The third-order valence-electron chi connectivity index (χ3n) is 3.26. The van der Waals surface area contributed by atoms with E-state index in [2.05, 4.69) is 15.5 Å². The second kappa shape index (κ2) is 7.19. The van der Waals surface area contributed by atoms with E-state index >= 15 is 0 Å². The lowest BCUT2D eigenvalue weighted by atomic mass is 10.2. The molecule has 0 bridgehead atoms. The fraction of sp³-hybridized carbons (Fsp3) is 0.357. The molecule has 7 nitrogen and oxygen atoms in total. The van der Waals surface area contributed by atoms with Crippen molar-refractivity contribution in [1.82, 2.24) is 20.1 Å². The van der Waals surface area contributed by atoms with Crippen molar-refractivity contribution in [2.24, 2.45) is 0 Å². The number of amides is 1. The molecule has 1 atom stereocenters. The molecule has 22 heavy (non-hydrogen) atoms. The highest BCUT2D eigenvalue weighted by Gasteiger charge is 2.20. The Morgan fingerprint density at radius 2 is 2.18 bits per heavy atom. The predicted molar refractivity (Wildman–Crippen MR) is 83.4 cm³/mol. The van der Waals surface area contributed by atoms with Crippen LogP contribution in [0.2, 0.25) is 0 Å². The van der Waals surface area contributed by atoms with E-state index in [9.17, 15) is 9.90 Å². The Morgan fingerprint density at radius 3 is 2.73 bits per heavy atom. The maximum absolute atomic E-state index is 12.3. The number of rotatable bonds is 6. The first-order valence-electron chi connectivity index (χ1n) is 6.81. The lowest BCUT2D eigenvalue weighted by Gasteiger charge is -2.16. The van der Waals surface area contributed by atoms with Crippen LogP contribution in [0, 0.1) is 4.77 Å². The van der Waals surface area contributed by atoms with Gasteiger partial charge in [-0.15, -0.1) is 0 Å². The van der Waals surface area contributed by atoms with Crippen LogP contribution in [0.15, 0.2) is 24.3 Å². The number of nitrogens with zero attached hydrogens (tertiary/aromatic N) is 2. The summed E-state index contributed by atoms with van der Waals surface area (Å²) in [6, 6.07) is 6.07. The van der Waals surface area contributed by atoms with Crippen molar-refractivity contribution in [2.75, 3.05) is 13.7 Å². The minimum absolute atomic E-state index is 0.276. The molecule has 0 aliphatic heterocycles. The summed E-state index contributed by atoms with van der Waals surface area (Å²) >= 11 is 5.11. The van der Waals surface area contributed by atoms with E-state index < -0.39 is 6.04 Å². The number of aliphatic hydroxyl groups is 1. The molecule has 3 N–H and O–H groups in total. The molecule has 1 aromatic heterocycles. The molecular weight excluding hydrogens is 304 g/mol. The quantitative estimate of drug-likeness (QED) is 0.700. The van der Waals surface area contributed by atoms with Crippen molar-refractivity contribution in [1.29, 1.82) is 0 Å². The Kier molecular flexibility index (Phi) is 5.29. The smallest absolute Gasteiger partial charge is 0.251 e. The standard InChI is InChI=1S/C14H18N4O3S/c1-3-18-12(16-17-14(18)22)11(8-19)15-13(20)9-4-6-10(21-2)7-5-9/h4-7,11,19H,3,8H2,1-2H3,(H,15,20)(H,17,22). The van der Waals surface area contributed by atoms with Gasteiger partial charge < -0.3 is 19.7 Å². The van der Waals surface area contributed by atoms with E-state index in [4.69, 9.17) is 17.0 Å². The molecule has 0 aliphatic rings. The summed E-state index contributed by atoms with van der Waals surface area (Å²) in [5.41, 5.74) is 0.469. The summed E-state index contributed by atoms with van der Waals surface area (Å²) in [6.45, 7) is 2.23. The summed E-state index contributed by atoms with van der Waals surface area (Å²) in [5.74, 6) is 0.859. The average molecular weight is 322 g/mol. The van der Waals surface area contributed by atoms with E-state index in [-0.39, 0.29) is 12.5 Å². The van der Waals surface area contributed by atoms with Crippen LogP contribution in [0.5, 0.6) is 5.75 Å². The summed E-state index contributed by atoms with van der Waals surface area (Å²) in [5, 5.41) is 19.0. The monoisotopic (exact) mass is 322 g/mol. The number of nitrogens with one attached hydrogen (secondary N) is 2. The number of hydrogen-bond acceptors (Lipinski definition) is 5. The molecular formula is C14H18N4O3S. The molecule has 2 rings (SSSR count). The first-order chi connectivity index (χ1) is 10.6. The molecule has 0 radical (unpaired) electrons. The van der Waals surface area contributed by atoms with Gasteiger partial charge in [0.2, 0.25) is 0 Å². The van der Waals surface area contributed by atoms with Gasteiger partial charge in [0.15, 0.2) is 10.6 Å². The number of aliphatic hydroxyl groups excluding tert-OH is 1. The molecule has 8 heteroatoms. The molecule has 0 saturated carbocycles. The summed E-state index contributed by atoms with van der Waals surface area (Å²) in [4.78, 5) is 12.3. The molecule has 1 aromatic carbocycles. The van der Waals surface area contributed by atoms with Crippen LogP contribution in [0.25, 0.3) is 0 Å². The largest absolute Gasteiger partial charge is 0.497 e. The van der Waals surface area contributed by atoms with Crippen molar-refractivity contribution in [3.05, 3.63) is 40.4 Å². The molecule has 0 aliphatic carbocycles. The highest BCUT2D eigenvalue weighted by Crippen LogP contribution is 2.14. The van der Waals surface area contributed by atoms with Crippen LogP contribution >= 0.6 is 12.2 Å². The zero-order valence-corrected chi connectivity index (χ0v) is 13.2. The number of H-pyrrole nitrogens is 1. The number of carbonyl (C=O) groups is 1. The summed E-state index contributed by atoms with van der Waals surface area (Å²) in [6.07, 6.45) is 0. The molecule has 0 saturated heterocycles. The second-order valence-corrected chi connectivity index (χ2v) is 4.96. The fourth-order valence-corrected chi connectivity index (χ4v) is 2.35. The zero-order chi connectivity index (χ0) is 16.1. The number of hydrogen-bond donors (Lipinski definition) is 3. The molecule has 1 unspecified atom stereocenters. The minimum Gasteiger partial charge on any atom is -0.497 e. The zero-order valence-electron chi connectivity index (χ0n) is 12.4. The Bertz CT molecular complexity index is 693. The van der Waals surface area contributed by atoms with Crippen LogP contribution < -0.4 is 10.1 Å². The van der Waals surface area contributed by atoms with Gasteiger partial charge in [0.05, 0.1) is 13.7 Å². The lowest BCUT2D eigenvalue weighted by molar-refractivity contribution is 0.0911. The Morgan fingerprint density at radius 1 is 1.50 bits per heavy atom. The van der Waals surface area contributed by atoms with E-state index in [1.807, 2.05) is 6.92 Å². The van der Waals surface area contributed by atoms with Crippen molar-refractivity contribution in [3.8, 4) is 5.75 Å². The Balaban J connectivity index is 2.18. The summed E-state index contributed by atoms with van der Waals surface area (Å²) in [7, 11) is 1.56. The van der Waals surface area contributed by atoms with Gasteiger partial charge >= 0.3 is 0 Å². The van der Waals surface area contributed by atoms with E-state index in [0.29, 0.717) is 28.5 Å². The molecule has 2 aromatic rings. The fourth-order valence-electron chi connectivity index (χ4n) is 2.08. The van der Waals surface area contributed by atoms with Crippen LogP contribution in [0.3, 0.4) is 0 Å². The molecule has 118 valence electrons. The van der Waals surface area contributed by atoms with Crippen molar-refractivity contribution < 1.29 is 14.6 Å². The van der Waals surface area contributed by atoms with E-state index in [0.717, 1.165) is 0 Å². The Hall–Kier alpha value is -2.19. The van der Waals surface area contributed by atoms with Crippen molar-refractivity contribution in [3.63, 3.8) is 0 Å². The normalized spacial score (nSPS) is 12.0. The first-order valence-corrected chi connectivity index (χ1v) is 7.22. The first kappa shape index (κ1) is 16.2. The number of methoxy groups -OCH3 is 1. The van der Waals surface area contributed by atoms with E-state index in [1.165, 1.54) is 0 Å². The maximum Gasteiger partial charge on any atom is 0.251 e. The third kappa shape index (κ3) is 3.34. The van der Waals surface area contributed by atoms with Gasteiger partial charge in [0, 0.05) is 12.1 Å². The lowest BCUT2D eigenvalue weighted by Crippen LogP contribution is -2.32. The molecule has 1 amide bonds. The van der Waals surface area contributed by atoms with Crippen LogP contribution in [0.4, 0.5) is 0 Å². The van der Waals surface area contributed by atoms with Gasteiger partial charge in [-0.05, 0) is 43.4 Å². The van der Waals surface area contributed by atoms with Crippen molar-refractivity contribution in [2.45, 2.75) is 19.5 Å². The van der Waals surface area contributed by atoms with Gasteiger partial charge in [-0.25, -0.2) is 0 Å². The van der Waals surface area contributed by atoms with Crippen LogP contribution in [0.1, 0.15) is 29.1 Å². The number of aromatic amines is 1.